The first kappa shape index (κ1) is 24.4. The van der Waals surface area contributed by atoms with Crippen molar-refractivity contribution in [2.45, 2.75) is 90.4 Å². The van der Waals surface area contributed by atoms with Crippen molar-refractivity contribution in [3.05, 3.63) is 48.6 Å². The zero-order valence-electron chi connectivity index (χ0n) is 17.1. The van der Waals surface area contributed by atoms with Crippen molar-refractivity contribution in [2.24, 2.45) is 0 Å². The summed E-state index contributed by atoms with van der Waals surface area (Å²) < 4.78 is 4.59. The van der Waals surface area contributed by atoms with Gasteiger partial charge in [0, 0.05) is 6.42 Å². The van der Waals surface area contributed by atoms with Gasteiger partial charge in [0.2, 0.25) is 0 Å². The second-order valence-corrected chi connectivity index (χ2v) is 6.62. The van der Waals surface area contributed by atoms with Crippen LogP contribution in [0.2, 0.25) is 0 Å². The molecule has 0 spiro atoms. The van der Waals surface area contributed by atoms with Crippen molar-refractivity contribution < 1.29 is 9.53 Å². The minimum atomic E-state index is -0.124. The molecule has 2 nitrogen and oxygen atoms in total. The van der Waals surface area contributed by atoms with Crippen LogP contribution in [0.1, 0.15) is 90.4 Å². The number of allylic oxidation sites excluding steroid dienone is 8. The van der Waals surface area contributed by atoms with E-state index < -0.39 is 0 Å². The molecule has 0 aromatic carbocycles. The summed E-state index contributed by atoms with van der Waals surface area (Å²) in [5.74, 6) is -0.124. The van der Waals surface area contributed by atoms with Crippen LogP contribution in [0.15, 0.2) is 48.6 Å². The van der Waals surface area contributed by atoms with E-state index >= 15 is 0 Å². The van der Waals surface area contributed by atoms with Gasteiger partial charge in [-0.25, -0.2) is 0 Å². The Morgan fingerprint density at radius 3 is 1.62 bits per heavy atom. The maximum absolute atomic E-state index is 10.9. The minimum Gasteiger partial charge on any atom is -0.469 e. The summed E-state index contributed by atoms with van der Waals surface area (Å²) in [4.78, 5) is 10.9. The smallest absolute Gasteiger partial charge is 0.305 e. The molecule has 0 aromatic heterocycles. The number of esters is 1. The Labute approximate surface area is 162 Å². The number of ether oxygens (including phenoxy) is 1. The predicted octanol–water partition coefficient (Wildman–Crippen LogP) is 7.48. The van der Waals surface area contributed by atoms with Gasteiger partial charge in [-0.15, -0.1) is 0 Å². The fraction of sp³-hybridized carbons (Fsp3) is 0.625. The van der Waals surface area contributed by atoms with Crippen molar-refractivity contribution in [3.63, 3.8) is 0 Å². The summed E-state index contributed by atoms with van der Waals surface area (Å²) in [5, 5.41) is 0. The molecule has 1 aliphatic carbocycles. The first-order chi connectivity index (χ1) is 12.8. The highest BCUT2D eigenvalue weighted by atomic mass is 16.5. The van der Waals surface area contributed by atoms with Gasteiger partial charge in [0.25, 0.3) is 0 Å². The predicted molar refractivity (Wildman–Crippen MR) is 114 cm³/mol. The molecule has 0 aliphatic heterocycles. The topological polar surface area (TPSA) is 26.3 Å². The molecular weight excluding hydrogens is 320 g/mol. The van der Waals surface area contributed by atoms with E-state index in [1.165, 1.54) is 52.1 Å². The van der Waals surface area contributed by atoms with Crippen LogP contribution in [0.3, 0.4) is 0 Å². The van der Waals surface area contributed by atoms with Gasteiger partial charge in [0.1, 0.15) is 0 Å². The SMILES string of the molecule is C1CC1.CCCCC/C=C\C/C=C\C/C=C\C/C=C\CCCC(=O)OC. The molecule has 1 aliphatic rings. The molecule has 0 N–H and O–H groups in total. The molecule has 2 heteroatoms. The number of unbranched alkanes of at least 4 members (excludes halogenated alkanes) is 4. The Kier molecular flexibility index (Phi) is 20.2. The molecule has 0 radical (unpaired) electrons. The van der Waals surface area contributed by atoms with Crippen molar-refractivity contribution in [3.8, 4) is 0 Å². The van der Waals surface area contributed by atoms with Crippen molar-refractivity contribution >= 4 is 5.97 Å². The van der Waals surface area contributed by atoms with Crippen LogP contribution in [0.4, 0.5) is 0 Å². The molecule has 1 saturated carbocycles. The number of rotatable bonds is 14. The van der Waals surface area contributed by atoms with Crippen LogP contribution >= 0.6 is 0 Å². The Balaban J connectivity index is 0.00000187. The summed E-state index contributed by atoms with van der Waals surface area (Å²) >= 11 is 0. The maximum atomic E-state index is 10.9. The van der Waals surface area contributed by atoms with E-state index in [1.807, 2.05) is 0 Å². The van der Waals surface area contributed by atoms with E-state index in [9.17, 15) is 4.79 Å². The Hall–Kier alpha value is -1.57. The largest absolute Gasteiger partial charge is 0.469 e. The van der Waals surface area contributed by atoms with E-state index in [1.54, 1.807) is 0 Å². The number of methoxy groups -OCH3 is 1. The quantitative estimate of drug-likeness (QED) is 0.182. The lowest BCUT2D eigenvalue weighted by molar-refractivity contribution is -0.140. The highest BCUT2D eigenvalue weighted by Crippen LogP contribution is 2.14. The van der Waals surface area contributed by atoms with Crippen LogP contribution < -0.4 is 0 Å². The summed E-state index contributed by atoms with van der Waals surface area (Å²) in [7, 11) is 1.43. The van der Waals surface area contributed by atoms with Gasteiger partial charge in [-0.1, -0.05) is 87.6 Å². The van der Waals surface area contributed by atoms with E-state index in [-0.39, 0.29) is 5.97 Å². The first-order valence-corrected chi connectivity index (χ1v) is 10.5. The lowest BCUT2D eigenvalue weighted by Crippen LogP contribution is -1.98. The van der Waals surface area contributed by atoms with Gasteiger partial charge in [-0.2, -0.15) is 0 Å². The monoisotopic (exact) mass is 360 g/mol. The second kappa shape index (κ2) is 21.5. The van der Waals surface area contributed by atoms with Crippen molar-refractivity contribution in [1.29, 1.82) is 0 Å². The lowest BCUT2D eigenvalue weighted by Gasteiger charge is -1.95. The number of hydrogen-bond donors (Lipinski definition) is 0. The third-order valence-corrected chi connectivity index (χ3v) is 3.79. The van der Waals surface area contributed by atoms with Crippen LogP contribution in [-0.4, -0.2) is 13.1 Å². The average molecular weight is 361 g/mol. The second-order valence-electron chi connectivity index (χ2n) is 6.62. The lowest BCUT2D eigenvalue weighted by atomic mass is 10.2. The zero-order chi connectivity index (χ0) is 19.1. The molecule has 1 rings (SSSR count). The molecule has 0 amide bonds. The Morgan fingerprint density at radius 1 is 0.731 bits per heavy atom. The maximum Gasteiger partial charge on any atom is 0.305 e. The van der Waals surface area contributed by atoms with Crippen LogP contribution in [0.5, 0.6) is 0 Å². The van der Waals surface area contributed by atoms with Crippen LogP contribution in [0.25, 0.3) is 0 Å². The summed E-state index contributed by atoms with van der Waals surface area (Å²) in [5.41, 5.74) is 0. The highest BCUT2D eigenvalue weighted by Gasteiger charge is 1.96. The van der Waals surface area contributed by atoms with Crippen molar-refractivity contribution in [2.75, 3.05) is 7.11 Å². The first-order valence-electron chi connectivity index (χ1n) is 10.5. The van der Waals surface area contributed by atoms with Crippen LogP contribution in [0, 0.1) is 0 Å². The third kappa shape index (κ3) is 24.7. The molecular formula is C24H40O2. The third-order valence-electron chi connectivity index (χ3n) is 3.79. The molecule has 0 saturated heterocycles. The molecule has 148 valence electrons. The number of carbonyl (C=O) groups is 1. The van der Waals surface area contributed by atoms with E-state index in [0.29, 0.717) is 6.42 Å². The van der Waals surface area contributed by atoms with E-state index in [0.717, 1.165) is 32.1 Å². The van der Waals surface area contributed by atoms with Gasteiger partial charge in [-0.05, 0) is 44.9 Å². The fourth-order valence-electron chi connectivity index (χ4n) is 2.03. The molecule has 0 heterocycles. The zero-order valence-corrected chi connectivity index (χ0v) is 17.1. The standard InChI is InChI=1S/C21H34O2.C3H6/c1-3-4-5-6-7-8-9-10-11-12-13-14-15-16-17-18-19-20-21(22)23-2;1-2-3-1/h7-8,10-11,13-14,16-17H,3-6,9,12,15,18-20H2,1-2H3;1-3H2/b8-7-,11-10-,14-13-,17-16-;. The van der Waals surface area contributed by atoms with Gasteiger partial charge < -0.3 is 4.74 Å². The highest BCUT2D eigenvalue weighted by molar-refractivity contribution is 5.69. The van der Waals surface area contributed by atoms with Gasteiger partial charge in [0.15, 0.2) is 0 Å². The van der Waals surface area contributed by atoms with Gasteiger partial charge in [0.05, 0.1) is 7.11 Å². The Bertz CT molecular complexity index is 411. The van der Waals surface area contributed by atoms with E-state index in [2.05, 4.69) is 60.3 Å². The normalized spacial score (nSPS) is 13.6. The molecule has 1 fully saturated rings. The molecule has 0 atom stereocenters. The van der Waals surface area contributed by atoms with Crippen LogP contribution in [-0.2, 0) is 9.53 Å². The molecule has 0 bridgehead atoms. The molecule has 26 heavy (non-hydrogen) atoms. The summed E-state index contributed by atoms with van der Waals surface area (Å²) in [6, 6.07) is 0. The number of hydrogen-bond acceptors (Lipinski definition) is 2. The summed E-state index contributed by atoms with van der Waals surface area (Å²) in [6.45, 7) is 2.24. The molecule has 0 aromatic rings. The number of carbonyl (C=O) groups excluding carboxylic acids is 1. The van der Waals surface area contributed by atoms with E-state index in [4.69, 9.17) is 0 Å². The average Bonchev–Trinajstić information content (AvgIpc) is 3.53. The molecule has 0 unspecified atom stereocenters. The summed E-state index contributed by atoms with van der Waals surface area (Å²) in [6.07, 6.45) is 32.6. The van der Waals surface area contributed by atoms with Crippen molar-refractivity contribution in [1.82, 2.24) is 0 Å². The minimum absolute atomic E-state index is 0.124. The van der Waals surface area contributed by atoms with Gasteiger partial charge in [-0.3, -0.25) is 4.79 Å². The fourth-order valence-corrected chi connectivity index (χ4v) is 2.03. The Morgan fingerprint density at radius 2 is 1.19 bits per heavy atom. The van der Waals surface area contributed by atoms with Gasteiger partial charge >= 0.3 is 5.97 Å².